The van der Waals surface area contributed by atoms with Crippen LogP contribution in [0.2, 0.25) is 0 Å². The Hall–Kier alpha value is -2.69. The van der Waals surface area contributed by atoms with Crippen molar-refractivity contribution in [3.8, 4) is 0 Å². The lowest BCUT2D eigenvalue weighted by Gasteiger charge is -2.18. The van der Waals surface area contributed by atoms with E-state index < -0.39 is 0 Å². The molecule has 1 aromatic carbocycles. The molecule has 0 saturated carbocycles. The lowest BCUT2D eigenvalue weighted by atomic mass is 10.2. The summed E-state index contributed by atoms with van der Waals surface area (Å²) in [7, 11) is 1.80. The van der Waals surface area contributed by atoms with Crippen LogP contribution in [-0.4, -0.2) is 32.4 Å². The molecule has 0 atom stereocenters. The number of hydrogen-bond donors (Lipinski definition) is 0. The predicted octanol–water partition coefficient (Wildman–Crippen LogP) is 3.36. The van der Waals surface area contributed by atoms with Crippen LogP contribution < -0.4 is 0 Å². The molecular formula is C19H22N4O. The molecule has 0 aliphatic carbocycles. The number of carbonyl (C=O) groups excluding carboxylic acids is 1. The van der Waals surface area contributed by atoms with Crippen molar-refractivity contribution in [3.05, 3.63) is 60.2 Å². The Bertz CT molecular complexity index is 839. The molecule has 2 aromatic heterocycles. The predicted molar refractivity (Wildman–Crippen MR) is 94.6 cm³/mol. The monoisotopic (exact) mass is 322 g/mol. The van der Waals surface area contributed by atoms with Gasteiger partial charge in [-0.2, -0.15) is 0 Å². The van der Waals surface area contributed by atoms with E-state index in [1.165, 1.54) is 0 Å². The Balaban J connectivity index is 1.90. The van der Waals surface area contributed by atoms with Crippen molar-refractivity contribution >= 4 is 16.9 Å². The van der Waals surface area contributed by atoms with Crippen molar-refractivity contribution in [1.82, 2.24) is 19.4 Å². The normalized spacial score (nSPS) is 11.2. The zero-order valence-corrected chi connectivity index (χ0v) is 14.3. The first kappa shape index (κ1) is 16.2. The second kappa shape index (κ2) is 6.83. The number of benzene rings is 1. The van der Waals surface area contributed by atoms with Gasteiger partial charge in [-0.25, -0.2) is 4.98 Å². The van der Waals surface area contributed by atoms with E-state index in [-0.39, 0.29) is 5.91 Å². The van der Waals surface area contributed by atoms with Gasteiger partial charge in [-0.15, -0.1) is 0 Å². The van der Waals surface area contributed by atoms with Crippen LogP contribution in [0.25, 0.3) is 11.0 Å². The average molecular weight is 322 g/mol. The zero-order chi connectivity index (χ0) is 17.1. The largest absolute Gasteiger partial charge is 0.334 e. The summed E-state index contributed by atoms with van der Waals surface area (Å²) in [5, 5.41) is 0. The van der Waals surface area contributed by atoms with Gasteiger partial charge < -0.3 is 9.47 Å². The summed E-state index contributed by atoms with van der Waals surface area (Å²) in [5.74, 6) is 1.36. The molecule has 3 aromatic rings. The lowest BCUT2D eigenvalue weighted by molar-refractivity contribution is 0.0779. The average Bonchev–Trinajstić information content (AvgIpc) is 2.92. The van der Waals surface area contributed by atoms with Crippen LogP contribution in [0.5, 0.6) is 0 Å². The van der Waals surface area contributed by atoms with Crippen LogP contribution in [0.15, 0.2) is 48.8 Å². The van der Waals surface area contributed by atoms with Gasteiger partial charge in [0.2, 0.25) is 0 Å². The van der Waals surface area contributed by atoms with Crippen LogP contribution in [-0.2, 0) is 13.1 Å². The van der Waals surface area contributed by atoms with Crippen LogP contribution in [0.3, 0.4) is 0 Å². The Kier molecular flexibility index (Phi) is 4.60. The number of para-hydroxylation sites is 2. The van der Waals surface area contributed by atoms with E-state index in [1.807, 2.05) is 18.2 Å². The van der Waals surface area contributed by atoms with E-state index in [9.17, 15) is 4.79 Å². The molecule has 0 aliphatic rings. The van der Waals surface area contributed by atoms with Crippen LogP contribution in [0.4, 0.5) is 0 Å². The molecule has 0 N–H and O–H groups in total. The summed E-state index contributed by atoms with van der Waals surface area (Å²) in [5.41, 5.74) is 2.67. The highest BCUT2D eigenvalue weighted by molar-refractivity contribution is 5.93. The maximum absolute atomic E-state index is 12.5. The molecular weight excluding hydrogens is 300 g/mol. The third-order valence-electron chi connectivity index (χ3n) is 3.92. The highest BCUT2D eigenvalue weighted by Crippen LogP contribution is 2.19. The second-order valence-electron chi connectivity index (χ2n) is 6.42. The second-order valence-corrected chi connectivity index (χ2v) is 6.42. The first-order chi connectivity index (χ1) is 11.6. The van der Waals surface area contributed by atoms with Crippen molar-refractivity contribution in [2.45, 2.75) is 26.9 Å². The number of aromatic nitrogens is 3. The highest BCUT2D eigenvalue weighted by Gasteiger charge is 2.17. The van der Waals surface area contributed by atoms with Gasteiger partial charge in [0.15, 0.2) is 0 Å². The number of hydrogen-bond acceptors (Lipinski definition) is 3. The molecule has 124 valence electrons. The Morgan fingerprint density at radius 1 is 1.21 bits per heavy atom. The van der Waals surface area contributed by atoms with Gasteiger partial charge in [0, 0.05) is 26.0 Å². The highest BCUT2D eigenvalue weighted by atomic mass is 16.2. The van der Waals surface area contributed by atoms with E-state index in [2.05, 4.69) is 29.5 Å². The molecule has 0 bridgehead atoms. The summed E-state index contributed by atoms with van der Waals surface area (Å²) >= 11 is 0. The number of nitrogens with zero attached hydrogens (tertiary/aromatic N) is 4. The minimum atomic E-state index is -0.0498. The van der Waals surface area contributed by atoms with Crippen LogP contribution in [0.1, 0.15) is 30.0 Å². The smallest absolute Gasteiger partial charge is 0.255 e. The number of carbonyl (C=O) groups is 1. The van der Waals surface area contributed by atoms with Gasteiger partial charge in [0.1, 0.15) is 5.82 Å². The quantitative estimate of drug-likeness (QED) is 0.724. The van der Waals surface area contributed by atoms with Crippen molar-refractivity contribution in [2.24, 2.45) is 5.92 Å². The number of imidazole rings is 1. The molecule has 0 spiro atoms. The summed E-state index contributed by atoms with van der Waals surface area (Å²) in [6.45, 7) is 5.71. The SMILES string of the molecule is CC(C)Cn1c(CN(C)C(=O)c2cccnc2)nc2ccccc21. The van der Waals surface area contributed by atoms with Gasteiger partial charge in [0.25, 0.3) is 5.91 Å². The molecule has 2 heterocycles. The third-order valence-corrected chi connectivity index (χ3v) is 3.92. The van der Waals surface area contributed by atoms with Crippen LogP contribution in [0, 0.1) is 5.92 Å². The zero-order valence-electron chi connectivity index (χ0n) is 14.3. The maximum atomic E-state index is 12.5. The van der Waals surface area contributed by atoms with E-state index in [0.717, 1.165) is 23.4 Å². The number of amides is 1. The maximum Gasteiger partial charge on any atom is 0.255 e. The molecule has 5 heteroatoms. The van der Waals surface area contributed by atoms with E-state index >= 15 is 0 Å². The molecule has 5 nitrogen and oxygen atoms in total. The topological polar surface area (TPSA) is 51.0 Å². The Morgan fingerprint density at radius 3 is 2.71 bits per heavy atom. The molecule has 3 rings (SSSR count). The molecule has 24 heavy (non-hydrogen) atoms. The van der Waals surface area contributed by atoms with Gasteiger partial charge in [-0.1, -0.05) is 26.0 Å². The number of pyridine rings is 1. The lowest BCUT2D eigenvalue weighted by Crippen LogP contribution is -2.28. The molecule has 0 saturated heterocycles. The fraction of sp³-hybridized carbons (Fsp3) is 0.316. The van der Waals surface area contributed by atoms with Gasteiger partial charge in [-0.3, -0.25) is 9.78 Å². The summed E-state index contributed by atoms with van der Waals surface area (Å²) in [6, 6.07) is 11.7. The number of fused-ring (bicyclic) bond motifs is 1. The van der Waals surface area contributed by atoms with E-state index in [4.69, 9.17) is 4.98 Å². The summed E-state index contributed by atoms with van der Waals surface area (Å²) < 4.78 is 2.22. The van der Waals surface area contributed by atoms with Crippen LogP contribution >= 0.6 is 0 Å². The minimum absolute atomic E-state index is 0.0498. The van der Waals surface area contributed by atoms with Crippen molar-refractivity contribution in [1.29, 1.82) is 0 Å². The van der Waals surface area contributed by atoms with Gasteiger partial charge >= 0.3 is 0 Å². The minimum Gasteiger partial charge on any atom is -0.334 e. The molecule has 0 fully saturated rings. The van der Waals surface area contributed by atoms with Crippen molar-refractivity contribution < 1.29 is 4.79 Å². The van der Waals surface area contributed by atoms with Crippen molar-refractivity contribution in [2.75, 3.05) is 7.05 Å². The summed E-state index contributed by atoms with van der Waals surface area (Å²) in [6.07, 6.45) is 3.26. The van der Waals surface area contributed by atoms with Gasteiger partial charge in [0.05, 0.1) is 23.1 Å². The first-order valence-electron chi connectivity index (χ1n) is 8.16. The fourth-order valence-electron chi connectivity index (χ4n) is 2.81. The number of rotatable bonds is 5. The van der Waals surface area contributed by atoms with E-state index in [1.54, 1.807) is 36.5 Å². The fourth-order valence-corrected chi connectivity index (χ4v) is 2.81. The Labute approximate surface area is 142 Å². The third kappa shape index (κ3) is 3.30. The molecule has 0 aliphatic heterocycles. The first-order valence-corrected chi connectivity index (χ1v) is 8.16. The molecule has 1 amide bonds. The molecule has 0 radical (unpaired) electrons. The standard InChI is InChI=1S/C19H22N4O/c1-14(2)12-23-17-9-5-4-8-16(17)21-18(23)13-22(3)19(24)15-7-6-10-20-11-15/h4-11,14H,12-13H2,1-3H3. The van der Waals surface area contributed by atoms with Gasteiger partial charge in [-0.05, 0) is 30.2 Å². The molecule has 0 unspecified atom stereocenters. The Morgan fingerprint density at radius 2 is 2.00 bits per heavy atom. The van der Waals surface area contributed by atoms with Crippen molar-refractivity contribution in [3.63, 3.8) is 0 Å². The summed E-state index contributed by atoms with van der Waals surface area (Å²) in [4.78, 5) is 23.0. The van der Waals surface area contributed by atoms with E-state index in [0.29, 0.717) is 18.0 Å².